The number of carbonyl (C=O) groups excluding carboxylic acids is 1. The van der Waals surface area contributed by atoms with E-state index >= 15 is 0 Å². The Bertz CT molecular complexity index is 297. The monoisotopic (exact) mass is 267 g/mol. The van der Waals surface area contributed by atoms with Crippen molar-refractivity contribution in [2.24, 2.45) is 5.92 Å². The first-order valence-corrected chi connectivity index (χ1v) is 5.56. The van der Waals surface area contributed by atoms with Crippen LogP contribution in [0.2, 0.25) is 0 Å². The van der Waals surface area contributed by atoms with Crippen molar-refractivity contribution in [1.29, 1.82) is 0 Å². The van der Waals surface area contributed by atoms with Gasteiger partial charge in [0.1, 0.15) is 6.10 Å². The number of hydrogen-bond donors (Lipinski definition) is 0. The van der Waals surface area contributed by atoms with Gasteiger partial charge in [-0.05, 0) is 19.8 Å². The van der Waals surface area contributed by atoms with Crippen molar-refractivity contribution in [2.45, 2.75) is 37.5 Å². The topological polar surface area (TPSA) is 87.9 Å². The zero-order chi connectivity index (χ0) is 13.0. The molecule has 1 aliphatic rings. The molecule has 1 aliphatic carbocycles. The van der Waals surface area contributed by atoms with E-state index in [-0.39, 0.29) is 6.42 Å². The molecule has 0 aromatic heterocycles. The maximum absolute atomic E-state index is 11.6. The van der Waals surface area contributed by atoms with Crippen LogP contribution < -0.4 is 0 Å². The van der Waals surface area contributed by atoms with Crippen molar-refractivity contribution in [3.8, 4) is 0 Å². The molecule has 0 spiro atoms. The quantitative estimate of drug-likeness (QED) is 0.321. The van der Waals surface area contributed by atoms with Crippen molar-refractivity contribution < 1.29 is 24.2 Å². The van der Waals surface area contributed by atoms with E-state index in [1.54, 1.807) is 0 Å². The summed E-state index contributed by atoms with van der Waals surface area (Å²) in [5, 5.41) is 9.38. The van der Waals surface area contributed by atoms with Gasteiger partial charge in [0.05, 0.1) is 12.0 Å². The molecule has 17 heavy (non-hydrogen) atoms. The van der Waals surface area contributed by atoms with Crippen LogP contribution in [0.4, 0.5) is 0 Å². The Morgan fingerprint density at radius 2 is 2.06 bits per heavy atom. The maximum atomic E-state index is 11.6. The van der Waals surface area contributed by atoms with E-state index in [4.69, 9.17) is 21.1 Å². The van der Waals surface area contributed by atoms with E-state index in [0.717, 1.165) is 0 Å². The number of methoxy groups -OCH3 is 1. The highest BCUT2D eigenvalue weighted by atomic mass is 35.5. The van der Waals surface area contributed by atoms with Crippen LogP contribution in [0.3, 0.4) is 0 Å². The molecule has 0 amide bonds. The summed E-state index contributed by atoms with van der Waals surface area (Å²) in [7, 11) is 1.42. The van der Waals surface area contributed by atoms with Crippen LogP contribution in [0, 0.1) is 16.0 Å². The van der Waals surface area contributed by atoms with E-state index in [1.807, 2.05) is 0 Å². The van der Waals surface area contributed by atoms with Gasteiger partial charge in [0.15, 0.2) is 5.56 Å². The Hall–Kier alpha value is -1.08. The highest BCUT2D eigenvalue weighted by Gasteiger charge is 2.41. The molecule has 0 unspecified atom stereocenters. The van der Waals surface area contributed by atoms with E-state index in [0.29, 0.717) is 6.42 Å². The molecule has 0 aromatic rings. The fourth-order valence-electron chi connectivity index (χ4n) is 1.88. The molecule has 1 fully saturated rings. The molecular weight excluding hydrogens is 254 g/mol. The molecule has 7 nitrogen and oxygen atoms in total. The second kappa shape index (κ2) is 6.02. The largest absolute Gasteiger partial charge is 0.446 e. The van der Waals surface area contributed by atoms with Gasteiger partial charge in [-0.25, -0.2) is 0 Å². The van der Waals surface area contributed by atoms with Crippen LogP contribution in [0.15, 0.2) is 0 Å². The molecule has 0 bridgehead atoms. The summed E-state index contributed by atoms with van der Waals surface area (Å²) in [4.78, 5) is 26.3. The normalized spacial score (nSPS) is 29.7. The zero-order valence-electron chi connectivity index (χ0n) is 9.50. The lowest BCUT2D eigenvalue weighted by Gasteiger charge is -2.14. The van der Waals surface area contributed by atoms with Crippen molar-refractivity contribution >= 4 is 17.6 Å². The van der Waals surface area contributed by atoms with Gasteiger partial charge in [0.2, 0.25) is 0 Å². The summed E-state index contributed by atoms with van der Waals surface area (Å²) in [6.45, 7) is 1.52. The Morgan fingerprint density at radius 3 is 2.53 bits per heavy atom. The summed E-state index contributed by atoms with van der Waals surface area (Å²) in [6.07, 6.45) is -0.693. The first-order chi connectivity index (χ1) is 7.93. The second-order valence-electron chi connectivity index (χ2n) is 3.79. The third-order valence-electron chi connectivity index (χ3n) is 2.58. The number of rotatable bonds is 5. The summed E-state index contributed by atoms with van der Waals surface area (Å²) >= 11 is 5.53. The third kappa shape index (κ3) is 4.01. The van der Waals surface area contributed by atoms with Crippen molar-refractivity contribution in [3.05, 3.63) is 10.1 Å². The zero-order valence-corrected chi connectivity index (χ0v) is 10.3. The Morgan fingerprint density at radius 1 is 1.47 bits per heavy atom. The molecule has 0 aliphatic heterocycles. The predicted octanol–water partition coefficient (Wildman–Crippen LogP) is 1.12. The van der Waals surface area contributed by atoms with Crippen molar-refractivity contribution in [3.63, 3.8) is 0 Å². The van der Waals surface area contributed by atoms with Crippen LogP contribution >= 0.6 is 11.6 Å². The summed E-state index contributed by atoms with van der Waals surface area (Å²) in [6, 6.07) is 0. The van der Waals surface area contributed by atoms with Crippen LogP contribution in [0.5, 0.6) is 0 Å². The molecule has 0 radical (unpaired) electrons. The molecule has 98 valence electrons. The lowest BCUT2D eigenvalue weighted by Crippen LogP contribution is -2.27. The van der Waals surface area contributed by atoms with E-state index in [1.165, 1.54) is 14.0 Å². The number of alkyl halides is 1. The molecule has 8 heteroatoms. The number of nitrogens with zero attached hydrogens (tertiary/aromatic N) is 1. The third-order valence-corrected chi connectivity index (χ3v) is 2.67. The molecule has 0 N–H and O–H groups in total. The molecule has 0 aromatic carbocycles. The van der Waals surface area contributed by atoms with Crippen molar-refractivity contribution in [1.82, 2.24) is 0 Å². The Balaban J connectivity index is 2.56. The van der Waals surface area contributed by atoms with E-state index in [2.05, 4.69) is 4.84 Å². The standard InChI is InChI=1S/C9H14ClNO6/c1-5(10)16-9(12)6-3-7(15-2)8(4-6)17-11(13)14/h5-8H,3-4H2,1-2H3/t5-,6-,7+,8+/m1/s1. The minimum atomic E-state index is -0.880. The van der Waals surface area contributed by atoms with Gasteiger partial charge in [-0.1, -0.05) is 11.6 Å². The number of carbonyl (C=O) groups is 1. The van der Waals surface area contributed by atoms with E-state index in [9.17, 15) is 14.9 Å². The van der Waals surface area contributed by atoms with Gasteiger partial charge in [0.25, 0.3) is 5.09 Å². The molecular formula is C9H14ClNO6. The predicted molar refractivity (Wildman–Crippen MR) is 56.8 cm³/mol. The van der Waals surface area contributed by atoms with Crippen molar-refractivity contribution in [2.75, 3.05) is 7.11 Å². The van der Waals surface area contributed by atoms with Crippen LogP contribution in [-0.4, -0.2) is 35.9 Å². The summed E-state index contributed by atoms with van der Waals surface area (Å²) < 4.78 is 9.87. The summed E-state index contributed by atoms with van der Waals surface area (Å²) in [5.41, 5.74) is -0.723. The molecule has 1 saturated carbocycles. The smallest absolute Gasteiger partial charge is 0.310 e. The van der Waals surface area contributed by atoms with Gasteiger partial charge < -0.3 is 14.3 Å². The first kappa shape index (κ1) is 14.0. The SMILES string of the molecule is CO[C@H]1C[C@@H](C(=O)O[C@H](C)Cl)C[C@@H]1O[N+](=O)[O-]. The number of halogens is 1. The van der Waals surface area contributed by atoms with Crippen LogP contribution in [-0.2, 0) is 19.1 Å². The Kier molecular flexibility index (Phi) is 4.95. The van der Waals surface area contributed by atoms with Gasteiger partial charge >= 0.3 is 5.97 Å². The van der Waals surface area contributed by atoms with E-state index < -0.39 is 34.7 Å². The highest BCUT2D eigenvalue weighted by molar-refractivity contribution is 6.19. The first-order valence-electron chi connectivity index (χ1n) is 5.12. The van der Waals surface area contributed by atoms with Gasteiger partial charge in [-0.2, -0.15) is 0 Å². The van der Waals surface area contributed by atoms with Gasteiger partial charge in [0, 0.05) is 7.11 Å². The minimum Gasteiger partial charge on any atom is -0.446 e. The Labute approximate surface area is 103 Å². The highest BCUT2D eigenvalue weighted by Crippen LogP contribution is 2.31. The average Bonchev–Trinajstić information content (AvgIpc) is 2.59. The number of hydrogen-bond acceptors (Lipinski definition) is 6. The molecule has 0 saturated heterocycles. The fraction of sp³-hybridized carbons (Fsp3) is 0.889. The minimum absolute atomic E-state index is 0.196. The number of ether oxygens (including phenoxy) is 2. The molecule has 1 rings (SSSR count). The number of esters is 1. The summed E-state index contributed by atoms with van der Waals surface area (Å²) in [5.74, 6) is -0.963. The van der Waals surface area contributed by atoms with Gasteiger partial charge in [-0.15, -0.1) is 10.1 Å². The van der Waals surface area contributed by atoms with Crippen LogP contribution in [0.25, 0.3) is 0 Å². The molecule has 0 heterocycles. The maximum Gasteiger partial charge on any atom is 0.310 e. The second-order valence-corrected chi connectivity index (χ2v) is 4.40. The van der Waals surface area contributed by atoms with Gasteiger partial charge in [-0.3, -0.25) is 4.79 Å². The van der Waals surface area contributed by atoms with Crippen LogP contribution in [0.1, 0.15) is 19.8 Å². The average molecular weight is 268 g/mol. The lowest BCUT2D eigenvalue weighted by atomic mass is 10.1. The fourth-order valence-corrected chi connectivity index (χ4v) is 1.97. The molecule has 4 atom stereocenters. The lowest BCUT2D eigenvalue weighted by molar-refractivity contribution is -0.770.